The first-order valence-corrected chi connectivity index (χ1v) is 5.21. The molecule has 0 aliphatic rings. The summed E-state index contributed by atoms with van der Waals surface area (Å²) < 4.78 is 0. The van der Waals surface area contributed by atoms with E-state index in [0.29, 0.717) is 11.3 Å². The minimum atomic E-state index is -1.46. The van der Waals surface area contributed by atoms with E-state index in [2.05, 4.69) is 5.32 Å². The number of hydrogen-bond donors (Lipinski definition) is 2. The molecule has 90 valence electrons. The number of amides is 2. The Kier molecular flexibility index (Phi) is 4.23. The van der Waals surface area contributed by atoms with Crippen LogP contribution in [-0.4, -0.2) is 23.0 Å². The van der Waals surface area contributed by atoms with E-state index in [4.69, 9.17) is 17.3 Å². The van der Waals surface area contributed by atoms with Gasteiger partial charge in [-0.1, -0.05) is 12.1 Å². The van der Waals surface area contributed by atoms with Gasteiger partial charge in [0.05, 0.1) is 5.69 Å². The molecule has 3 N–H and O–H groups in total. The lowest BCUT2D eigenvalue weighted by molar-refractivity contribution is -0.124. The molecule has 1 aromatic carbocycles. The molecule has 0 aliphatic heterocycles. The van der Waals surface area contributed by atoms with Crippen molar-refractivity contribution >= 4 is 34.9 Å². The molecule has 0 heterocycles. The molecule has 1 atom stereocenters. The average molecular weight is 255 g/mol. The molecule has 1 rings (SSSR count). The first-order valence-electron chi connectivity index (χ1n) is 4.77. The van der Waals surface area contributed by atoms with E-state index < -0.39 is 17.2 Å². The van der Waals surface area contributed by atoms with Crippen molar-refractivity contribution in [1.29, 1.82) is 0 Å². The fourth-order valence-corrected chi connectivity index (χ4v) is 1.28. The summed E-state index contributed by atoms with van der Waals surface area (Å²) >= 11 is 5.48. The number of primary amides is 1. The fraction of sp³-hybridized carbons (Fsp3) is 0.182. The Morgan fingerprint density at radius 1 is 1.29 bits per heavy atom. The smallest absolute Gasteiger partial charge is 0.252 e. The zero-order valence-corrected chi connectivity index (χ0v) is 9.82. The third kappa shape index (κ3) is 3.29. The predicted octanol–water partition coefficient (Wildman–Crippen LogP) is 0.920. The third-order valence-electron chi connectivity index (χ3n) is 2.04. The Morgan fingerprint density at radius 3 is 2.41 bits per heavy atom. The number of alkyl halides is 1. The monoisotopic (exact) mass is 254 g/mol. The average Bonchev–Trinajstić information content (AvgIpc) is 2.28. The zero-order chi connectivity index (χ0) is 13.0. The van der Waals surface area contributed by atoms with Gasteiger partial charge in [-0.15, -0.1) is 11.6 Å². The van der Waals surface area contributed by atoms with Crippen LogP contribution in [0.5, 0.6) is 0 Å². The van der Waals surface area contributed by atoms with Gasteiger partial charge in [-0.25, -0.2) is 0 Å². The van der Waals surface area contributed by atoms with Crippen LogP contribution < -0.4 is 11.1 Å². The molecule has 0 saturated heterocycles. The molecule has 1 aromatic rings. The molecule has 0 aliphatic carbocycles. The second-order valence-corrected chi connectivity index (χ2v) is 3.79. The minimum Gasteiger partial charge on any atom is -0.368 e. The molecule has 17 heavy (non-hydrogen) atoms. The first kappa shape index (κ1) is 13.2. The molecule has 0 aromatic heterocycles. The SMILES string of the molecule is CC(=O)c1ccccc1NC(=O)C(Cl)C(N)=O. The van der Waals surface area contributed by atoms with Crippen LogP contribution in [0.1, 0.15) is 17.3 Å². The van der Waals surface area contributed by atoms with E-state index in [1.54, 1.807) is 24.3 Å². The molecule has 6 heteroatoms. The van der Waals surface area contributed by atoms with Gasteiger partial charge in [0, 0.05) is 5.56 Å². The van der Waals surface area contributed by atoms with Crippen LogP contribution in [-0.2, 0) is 9.59 Å². The number of para-hydroxylation sites is 1. The molecule has 5 nitrogen and oxygen atoms in total. The van der Waals surface area contributed by atoms with Crippen molar-refractivity contribution in [3.8, 4) is 0 Å². The summed E-state index contributed by atoms with van der Waals surface area (Å²) in [6.45, 7) is 1.37. The fourth-order valence-electron chi connectivity index (χ4n) is 1.22. The van der Waals surface area contributed by atoms with E-state index in [1.165, 1.54) is 6.92 Å². The summed E-state index contributed by atoms with van der Waals surface area (Å²) in [7, 11) is 0. The van der Waals surface area contributed by atoms with Crippen molar-refractivity contribution in [2.24, 2.45) is 5.73 Å². The van der Waals surface area contributed by atoms with Crippen molar-refractivity contribution in [3.63, 3.8) is 0 Å². The highest BCUT2D eigenvalue weighted by Gasteiger charge is 2.22. The van der Waals surface area contributed by atoms with E-state index >= 15 is 0 Å². The van der Waals surface area contributed by atoms with Crippen LogP contribution in [0.2, 0.25) is 0 Å². The number of rotatable bonds is 4. The Balaban J connectivity index is 2.92. The number of Topliss-reactive ketones (excluding diaryl/α,β-unsaturated/α-hetero) is 1. The van der Waals surface area contributed by atoms with Gasteiger partial charge >= 0.3 is 0 Å². The van der Waals surface area contributed by atoms with E-state index in [1.807, 2.05) is 0 Å². The molecular weight excluding hydrogens is 244 g/mol. The maximum absolute atomic E-state index is 11.5. The topological polar surface area (TPSA) is 89.3 Å². The lowest BCUT2D eigenvalue weighted by Crippen LogP contribution is -2.35. The Morgan fingerprint density at radius 2 is 1.88 bits per heavy atom. The van der Waals surface area contributed by atoms with Crippen LogP contribution in [0.3, 0.4) is 0 Å². The Labute approximate surface area is 103 Å². The summed E-state index contributed by atoms with van der Waals surface area (Å²) in [4.78, 5) is 33.5. The highest BCUT2D eigenvalue weighted by atomic mass is 35.5. The van der Waals surface area contributed by atoms with Crippen molar-refractivity contribution in [1.82, 2.24) is 0 Å². The molecule has 0 saturated carbocycles. The van der Waals surface area contributed by atoms with Crippen LogP contribution >= 0.6 is 11.6 Å². The molecule has 0 radical (unpaired) electrons. The van der Waals surface area contributed by atoms with Gasteiger partial charge in [-0.05, 0) is 19.1 Å². The lowest BCUT2D eigenvalue weighted by atomic mass is 10.1. The van der Waals surface area contributed by atoms with Crippen LogP contribution in [0, 0.1) is 0 Å². The molecule has 0 spiro atoms. The lowest BCUT2D eigenvalue weighted by Gasteiger charge is -2.10. The van der Waals surface area contributed by atoms with E-state index in [-0.39, 0.29) is 5.78 Å². The Bertz CT molecular complexity index is 474. The number of nitrogens with two attached hydrogens (primary N) is 1. The number of hydrogen-bond acceptors (Lipinski definition) is 3. The predicted molar refractivity (Wildman–Crippen MR) is 63.9 cm³/mol. The maximum atomic E-state index is 11.5. The van der Waals surface area contributed by atoms with E-state index in [0.717, 1.165) is 0 Å². The van der Waals surface area contributed by atoms with Gasteiger partial charge in [0.15, 0.2) is 11.2 Å². The zero-order valence-electron chi connectivity index (χ0n) is 9.07. The minimum absolute atomic E-state index is 0.203. The van der Waals surface area contributed by atoms with Crippen LogP contribution in [0.15, 0.2) is 24.3 Å². The summed E-state index contributed by atoms with van der Waals surface area (Å²) in [5.41, 5.74) is 5.53. The van der Waals surface area contributed by atoms with E-state index in [9.17, 15) is 14.4 Å². The molecular formula is C11H11ClN2O3. The number of ketones is 1. The van der Waals surface area contributed by atoms with Gasteiger partial charge in [0.1, 0.15) is 0 Å². The number of benzene rings is 1. The maximum Gasteiger partial charge on any atom is 0.252 e. The van der Waals surface area contributed by atoms with Crippen molar-refractivity contribution in [3.05, 3.63) is 29.8 Å². The molecule has 0 bridgehead atoms. The summed E-state index contributed by atoms with van der Waals surface area (Å²) in [6.07, 6.45) is 0. The first-order chi connectivity index (χ1) is 7.93. The summed E-state index contributed by atoms with van der Waals surface area (Å²) in [5, 5.41) is 0.917. The van der Waals surface area contributed by atoms with Gasteiger partial charge in [0.2, 0.25) is 5.91 Å². The van der Waals surface area contributed by atoms with Gasteiger partial charge < -0.3 is 11.1 Å². The van der Waals surface area contributed by atoms with Crippen LogP contribution in [0.4, 0.5) is 5.69 Å². The molecule has 0 fully saturated rings. The summed E-state index contributed by atoms with van der Waals surface area (Å²) in [6, 6.07) is 6.42. The Hall–Kier alpha value is -1.88. The molecule has 1 unspecified atom stereocenters. The van der Waals surface area contributed by atoms with Crippen molar-refractivity contribution in [2.45, 2.75) is 12.3 Å². The van der Waals surface area contributed by atoms with Crippen molar-refractivity contribution < 1.29 is 14.4 Å². The standard InChI is InChI=1S/C11H11ClN2O3/c1-6(15)7-4-2-3-5-8(7)14-11(17)9(12)10(13)16/h2-5,9H,1H3,(H2,13,16)(H,14,17). The highest BCUT2D eigenvalue weighted by molar-refractivity contribution is 6.42. The number of halogens is 1. The molecule has 2 amide bonds. The van der Waals surface area contributed by atoms with Gasteiger partial charge in [0.25, 0.3) is 5.91 Å². The van der Waals surface area contributed by atoms with Crippen molar-refractivity contribution in [2.75, 3.05) is 5.32 Å². The number of anilines is 1. The largest absolute Gasteiger partial charge is 0.368 e. The second kappa shape index (κ2) is 5.45. The number of nitrogens with one attached hydrogen (secondary N) is 1. The number of carbonyl (C=O) groups is 3. The summed E-state index contributed by atoms with van der Waals surface area (Å²) in [5.74, 6) is -1.90. The van der Waals surface area contributed by atoms with Gasteiger partial charge in [-0.2, -0.15) is 0 Å². The normalized spacial score (nSPS) is 11.6. The number of carbonyl (C=O) groups excluding carboxylic acids is 3. The third-order valence-corrected chi connectivity index (χ3v) is 2.46. The van der Waals surface area contributed by atoms with Gasteiger partial charge in [-0.3, -0.25) is 14.4 Å². The second-order valence-electron chi connectivity index (χ2n) is 3.36. The highest BCUT2D eigenvalue weighted by Crippen LogP contribution is 2.16. The van der Waals surface area contributed by atoms with Crippen LogP contribution in [0.25, 0.3) is 0 Å². The quantitative estimate of drug-likeness (QED) is 0.476.